The van der Waals surface area contributed by atoms with E-state index in [4.69, 9.17) is 15.8 Å². The zero-order valence-corrected chi connectivity index (χ0v) is 21.7. The summed E-state index contributed by atoms with van der Waals surface area (Å²) in [6, 6.07) is 6.14. The van der Waals surface area contributed by atoms with Crippen molar-refractivity contribution < 1.29 is 31.5 Å². The molecule has 0 radical (unpaired) electrons. The van der Waals surface area contributed by atoms with E-state index < -0.39 is 66.4 Å². The van der Waals surface area contributed by atoms with Gasteiger partial charge in [0.1, 0.15) is 22.3 Å². The number of rotatable bonds is 8. The highest BCUT2D eigenvalue weighted by atomic mass is 35.5. The van der Waals surface area contributed by atoms with Gasteiger partial charge < -0.3 is 10.2 Å². The topological polar surface area (TPSA) is 173 Å². The summed E-state index contributed by atoms with van der Waals surface area (Å²) in [5, 5.41) is 23.2. The Bertz CT molecular complexity index is 1540. The standard InChI is InChI=1S/C24H21ClFN5O7S/c25-14-8-18(26)20(28-11-14)24(6-7-24)22(33)30-12-16(10-19(30)21(32)29-23(13-27)4-5-23)38-39(36,37)17-3-1-2-15(9-17)31(34)35/h1-3,8-9,11,16,19H,4-7,10,12H2,(H,29,32)/t16-,19-/m0/s1. The summed E-state index contributed by atoms with van der Waals surface area (Å²) in [6.45, 7) is -0.332. The summed E-state index contributed by atoms with van der Waals surface area (Å²) in [7, 11) is -4.52. The van der Waals surface area contributed by atoms with Gasteiger partial charge in [-0.25, -0.2) is 4.39 Å². The van der Waals surface area contributed by atoms with E-state index in [2.05, 4.69) is 10.3 Å². The lowest BCUT2D eigenvalue weighted by molar-refractivity contribution is -0.385. The number of nitrogens with zero attached hydrogens (tertiary/aromatic N) is 4. The minimum atomic E-state index is -4.52. The molecule has 15 heteroatoms. The van der Waals surface area contributed by atoms with Crippen LogP contribution >= 0.6 is 11.6 Å². The normalized spacial score (nSPS) is 22.5. The van der Waals surface area contributed by atoms with Gasteiger partial charge in [0, 0.05) is 31.3 Å². The number of hydrogen-bond acceptors (Lipinski definition) is 9. The molecule has 0 spiro atoms. The Balaban J connectivity index is 1.43. The minimum absolute atomic E-state index is 0.0454. The zero-order chi connectivity index (χ0) is 28.2. The van der Waals surface area contributed by atoms with E-state index in [0.717, 1.165) is 29.2 Å². The molecule has 5 rings (SSSR count). The van der Waals surface area contributed by atoms with Gasteiger partial charge in [-0.05, 0) is 37.8 Å². The summed E-state index contributed by atoms with van der Waals surface area (Å²) in [6.07, 6.45) is 1.15. The number of amides is 2. The smallest absolute Gasteiger partial charge is 0.297 e. The number of hydrogen-bond donors (Lipinski definition) is 1. The molecule has 2 aromatic rings. The maximum atomic E-state index is 14.8. The number of carbonyl (C=O) groups is 2. The molecule has 2 amide bonds. The van der Waals surface area contributed by atoms with Crippen molar-refractivity contribution in [3.05, 3.63) is 63.2 Å². The van der Waals surface area contributed by atoms with Crippen LogP contribution in [0.5, 0.6) is 0 Å². The van der Waals surface area contributed by atoms with E-state index in [-0.39, 0.29) is 36.5 Å². The van der Waals surface area contributed by atoms with Crippen LogP contribution in [0.1, 0.15) is 37.8 Å². The largest absolute Gasteiger partial charge is 0.336 e. The van der Waals surface area contributed by atoms with Crippen molar-refractivity contribution >= 4 is 39.2 Å². The Kier molecular flexibility index (Phi) is 6.56. The van der Waals surface area contributed by atoms with Crippen molar-refractivity contribution in [1.82, 2.24) is 15.2 Å². The molecule has 1 aromatic heterocycles. The molecule has 2 aliphatic carbocycles. The number of benzene rings is 1. The molecular weight excluding hydrogens is 557 g/mol. The molecule has 1 aromatic carbocycles. The molecule has 1 saturated heterocycles. The second-order valence-electron chi connectivity index (χ2n) is 9.89. The molecule has 3 aliphatic rings. The first kappa shape index (κ1) is 26.9. The zero-order valence-electron chi connectivity index (χ0n) is 20.2. The van der Waals surface area contributed by atoms with E-state index in [1.165, 1.54) is 12.3 Å². The Morgan fingerprint density at radius 3 is 2.59 bits per heavy atom. The summed E-state index contributed by atoms with van der Waals surface area (Å²) in [5.74, 6) is -2.07. The number of nitro groups is 1. The number of pyridine rings is 1. The van der Waals surface area contributed by atoms with Crippen LogP contribution in [0.25, 0.3) is 0 Å². The molecule has 1 N–H and O–H groups in total. The van der Waals surface area contributed by atoms with Crippen molar-refractivity contribution in [3.8, 4) is 6.07 Å². The lowest BCUT2D eigenvalue weighted by Crippen LogP contribution is -2.51. The second-order valence-corrected chi connectivity index (χ2v) is 11.9. The number of aromatic nitrogens is 1. The Labute approximate surface area is 227 Å². The van der Waals surface area contributed by atoms with Crippen molar-refractivity contribution in [1.29, 1.82) is 5.26 Å². The number of likely N-dealkylation sites (tertiary alicyclic amines) is 1. The summed E-state index contributed by atoms with van der Waals surface area (Å²) < 4.78 is 46.0. The fraction of sp³-hybridized carbons (Fsp3) is 0.417. The quantitative estimate of drug-likeness (QED) is 0.281. The summed E-state index contributed by atoms with van der Waals surface area (Å²) in [4.78, 5) is 42.0. The average molecular weight is 578 g/mol. The lowest BCUT2D eigenvalue weighted by atomic mass is 9.98. The van der Waals surface area contributed by atoms with Crippen LogP contribution in [-0.4, -0.2) is 59.3 Å². The molecule has 1 aliphatic heterocycles. The van der Waals surface area contributed by atoms with E-state index in [9.17, 15) is 37.8 Å². The van der Waals surface area contributed by atoms with Crippen LogP contribution < -0.4 is 5.32 Å². The third-order valence-corrected chi connectivity index (χ3v) is 8.72. The minimum Gasteiger partial charge on any atom is -0.336 e. The summed E-state index contributed by atoms with van der Waals surface area (Å²) in [5.41, 5.74) is -2.99. The summed E-state index contributed by atoms with van der Waals surface area (Å²) >= 11 is 5.81. The molecule has 2 atom stereocenters. The van der Waals surface area contributed by atoms with Gasteiger partial charge in [0.2, 0.25) is 11.8 Å². The number of carbonyl (C=O) groups excluding carboxylic acids is 2. The number of halogens is 2. The molecule has 2 saturated carbocycles. The molecule has 39 heavy (non-hydrogen) atoms. The first-order valence-electron chi connectivity index (χ1n) is 11.9. The fourth-order valence-corrected chi connectivity index (χ4v) is 6.02. The number of nitro benzene ring substituents is 1. The van der Waals surface area contributed by atoms with E-state index >= 15 is 0 Å². The van der Waals surface area contributed by atoms with Gasteiger partial charge in [0.25, 0.3) is 15.8 Å². The monoisotopic (exact) mass is 577 g/mol. The fourth-order valence-electron chi connectivity index (χ4n) is 4.75. The van der Waals surface area contributed by atoms with Gasteiger partial charge in [-0.15, -0.1) is 0 Å². The molecule has 0 unspecified atom stereocenters. The Morgan fingerprint density at radius 2 is 2.00 bits per heavy atom. The van der Waals surface area contributed by atoms with Gasteiger partial charge in [-0.3, -0.25) is 28.9 Å². The second kappa shape index (κ2) is 9.51. The first-order valence-corrected chi connectivity index (χ1v) is 13.7. The third-order valence-electron chi connectivity index (χ3n) is 7.15. The number of non-ortho nitro benzene ring substituents is 1. The number of nitriles is 1. The van der Waals surface area contributed by atoms with Crippen LogP contribution in [0.2, 0.25) is 5.02 Å². The van der Waals surface area contributed by atoms with Crippen molar-refractivity contribution in [2.75, 3.05) is 6.54 Å². The van der Waals surface area contributed by atoms with Crippen LogP contribution in [0.4, 0.5) is 10.1 Å². The van der Waals surface area contributed by atoms with Crippen LogP contribution in [0.15, 0.2) is 41.4 Å². The molecular formula is C24H21ClFN5O7S. The first-order chi connectivity index (χ1) is 18.4. The van der Waals surface area contributed by atoms with Crippen molar-refractivity contribution in [2.24, 2.45) is 0 Å². The van der Waals surface area contributed by atoms with E-state index in [1.807, 2.05) is 6.07 Å². The molecule has 3 fully saturated rings. The van der Waals surface area contributed by atoms with Crippen molar-refractivity contribution in [3.63, 3.8) is 0 Å². The molecule has 2 heterocycles. The third kappa shape index (κ3) is 5.05. The highest BCUT2D eigenvalue weighted by Crippen LogP contribution is 2.51. The van der Waals surface area contributed by atoms with E-state index in [1.54, 1.807) is 0 Å². The van der Waals surface area contributed by atoms with Crippen LogP contribution in [0, 0.1) is 27.3 Å². The predicted octanol–water partition coefficient (Wildman–Crippen LogP) is 2.36. The van der Waals surface area contributed by atoms with Gasteiger partial charge >= 0.3 is 0 Å². The van der Waals surface area contributed by atoms with E-state index in [0.29, 0.717) is 12.8 Å². The predicted molar refractivity (Wildman–Crippen MR) is 131 cm³/mol. The Morgan fingerprint density at radius 1 is 1.28 bits per heavy atom. The van der Waals surface area contributed by atoms with Crippen LogP contribution in [-0.2, 0) is 29.3 Å². The Hall–Kier alpha value is -3.67. The number of nitrogens with one attached hydrogen (secondary N) is 1. The molecule has 0 bridgehead atoms. The van der Waals surface area contributed by atoms with Gasteiger partial charge in [-0.1, -0.05) is 17.7 Å². The maximum absolute atomic E-state index is 14.8. The van der Waals surface area contributed by atoms with Crippen LogP contribution in [0.3, 0.4) is 0 Å². The average Bonchev–Trinajstić information content (AvgIpc) is 3.81. The lowest BCUT2D eigenvalue weighted by Gasteiger charge is -2.28. The van der Waals surface area contributed by atoms with Gasteiger partial charge in [-0.2, -0.15) is 13.7 Å². The molecule has 12 nitrogen and oxygen atoms in total. The highest BCUT2D eigenvalue weighted by molar-refractivity contribution is 7.86. The SMILES string of the molecule is N#CC1(NC(=O)[C@@H]2C[C@H](OS(=O)(=O)c3cccc([N+](=O)[O-])c3)CN2C(=O)C2(c3ncc(Cl)cc3F)CC2)CC1. The maximum Gasteiger partial charge on any atom is 0.297 e. The van der Waals surface area contributed by atoms with Gasteiger partial charge in [0.15, 0.2) is 0 Å². The van der Waals surface area contributed by atoms with Gasteiger partial charge in [0.05, 0.1) is 33.2 Å². The molecule has 204 valence electrons. The highest BCUT2D eigenvalue weighted by Gasteiger charge is 2.59. The van der Waals surface area contributed by atoms with Crippen molar-refractivity contribution in [2.45, 2.75) is 60.1 Å².